The van der Waals surface area contributed by atoms with Gasteiger partial charge in [-0.15, -0.1) is 0 Å². The molecule has 4 heteroatoms. The van der Waals surface area contributed by atoms with Gasteiger partial charge in [-0.2, -0.15) is 0 Å². The molecule has 72 valence electrons. The summed E-state index contributed by atoms with van der Waals surface area (Å²) >= 11 is 0. The van der Waals surface area contributed by atoms with Crippen LogP contribution in [0.15, 0.2) is 9.59 Å². The van der Waals surface area contributed by atoms with E-state index in [1.807, 2.05) is 13.8 Å². The van der Waals surface area contributed by atoms with Gasteiger partial charge in [0.2, 0.25) is 0 Å². The number of aromatic nitrogens is 2. The molecule has 1 aromatic rings. The quantitative estimate of drug-likeness (QED) is 0.721. The summed E-state index contributed by atoms with van der Waals surface area (Å²) in [5.41, 5.74) is 0.900. The summed E-state index contributed by atoms with van der Waals surface area (Å²) in [6, 6.07) is 0. The Kier molecular flexibility index (Phi) is 2.70. The zero-order valence-electron chi connectivity index (χ0n) is 8.18. The first-order valence-electron chi connectivity index (χ1n) is 4.44. The first-order chi connectivity index (χ1) is 6.11. The second-order valence-corrected chi connectivity index (χ2v) is 2.92. The van der Waals surface area contributed by atoms with Crippen LogP contribution < -0.4 is 11.2 Å². The molecule has 1 N–H and O–H groups in total. The number of rotatable bonds is 2. The van der Waals surface area contributed by atoms with Gasteiger partial charge in [-0.25, -0.2) is 4.79 Å². The van der Waals surface area contributed by atoms with E-state index >= 15 is 0 Å². The maximum atomic E-state index is 11.3. The Labute approximate surface area is 76.2 Å². The average Bonchev–Trinajstić information content (AvgIpc) is 2.04. The molecule has 0 aliphatic carbocycles. The van der Waals surface area contributed by atoms with Crippen LogP contribution in [0.1, 0.15) is 25.1 Å². The fourth-order valence-electron chi connectivity index (χ4n) is 1.52. The molecule has 1 heterocycles. The number of nitrogens with one attached hydrogen (secondary N) is 1. The van der Waals surface area contributed by atoms with Crippen molar-refractivity contribution in [3.8, 4) is 0 Å². The Balaban J connectivity index is 3.58. The van der Waals surface area contributed by atoms with Crippen molar-refractivity contribution < 1.29 is 0 Å². The Morgan fingerprint density at radius 1 is 1.31 bits per heavy atom. The van der Waals surface area contributed by atoms with E-state index in [4.69, 9.17) is 0 Å². The van der Waals surface area contributed by atoms with Gasteiger partial charge in [0.15, 0.2) is 0 Å². The lowest BCUT2D eigenvalue weighted by Gasteiger charge is -2.08. The Morgan fingerprint density at radius 2 is 1.92 bits per heavy atom. The van der Waals surface area contributed by atoms with Crippen LogP contribution in [0.4, 0.5) is 0 Å². The highest BCUT2D eigenvalue weighted by Gasteiger charge is 2.07. The third kappa shape index (κ3) is 1.56. The maximum Gasteiger partial charge on any atom is 0.328 e. The SMILES string of the molecule is CCc1c(C)n(CC)c(=O)[nH]c1=O. The number of nitrogens with zero attached hydrogens (tertiary/aromatic N) is 1. The third-order valence-electron chi connectivity index (χ3n) is 2.25. The monoisotopic (exact) mass is 182 g/mol. The van der Waals surface area contributed by atoms with E-state index in [-0.39, 0.29) is 11.2 Å². The molecule has 0 spiro atoms. The Bertz CT molecular complexity index is 378. The Morgan fingerprint density at radius 3 is 2.38 bits per heavy atom. The molecule has 0 aromatic carbocycles. The molecule has 13 heavy (non-hydrogen) atoms. The summed E-state index contributed by atoms with van der Waals surface area (Å²) in [4.78, 5) is 24.9. The van der Waals surface area contributed by atoms with Crippen LogP contribution in [-0.4, -0.2) is 9.55 Å². The van der Waals surface area contributed by atoms with E-state index in [1.165, 1.54) is 0 Å². The van der Waals surface area contributed by atoms with E-state index < -0.39 is 0 Å². The van der Waals surface area contributed by atoms with E-state index in [2.05, 4.69) is 4.98 Å². The highest BCUT2D eigenvalue weighted by atomic mass is 16.2. The molecule has 0 atom stereocenters. The lowest BCUT2D eigenvalue weighted by atomic mass is 10.2. The summed E-state index contributed by atoms with van der Waals surface area (Å²) in [6.45, 7) is 6.18. The minimum absolute atomic E-state index is 0.255. The molecule has 0 amide bonds. The largest absolute Gasteiger partial charge is 0.328 e. The smallest absolute Gasteiger partial charge is 0.298 e. The van der Waals surface area contributed by atoms with Gasteiger partial charge in [0.05, 0.1) is 0 Å². The van der Waals surface area contributed by atoms with Crippen molar-refractivity contribution in [3.05, 3.63) is 32.1 Å². The highest BCUT2D eigenvalue weighted by Crippen LogP contribution is 1.99. The fraction of sp³-hybridized carbons (Fsp3) is 0.556. The van der Waals surface area contributed by atoms with E-state index in [9.17, 15) is 9.59 Å². The average molecular weight is 182 g/mol. The van der Waals surface area contributed by atoms with Crippen molar-refractivity contribution >= 4 is 0 Å². The van der Waals surface area contributed by atoms with Crippen LogP contribution >= 0.6 is 0 Å². The van der Waals surface area contributed by atoms with Gasteiger partial charge < -0.3 is 0 Å². The van der Waals surface area contributed by atoms with Gasteiger partial charge in [-0.1, -0.05) is 6.92 Å². The van der Waals surface area contributed by atoms with Gasteiger partial charge in [0.25, 0.3) is 5.56 Å². The van der Waals surface area contributed by atoms with Gasteiger partial charge in [-0.05, 0) is 20.3 Å². The van der Waals surface area contributed by atoms with Gasteiger partial charge >= 0.3 is 5.69 Å². The molecule has 0 unspecified atom stereocenters. The van der Waals surface area contributed by atoms with E-state index in [1.54, 1.807) is 11.5 Å². The fourth-order valence-corrected chi connectivity index (χ4v) is 1.52. The van der Waals surface area contributed by atoms with Gasteiger partial charge in [-0.3, -0.25) is 14.3 Å². The topological polar surface area (TPSA) is 54.9 Å². The molecular weight excluding hydrogens is 168 g/mol. The van der Waals surface area contributed by atoms with Crippen molar-refractivity contribution in [1.29, 1.82) is 0 Å². The van der Waals surface area contributed by atoms with Crippen molar-refractivity contribution in [2.45, 2.75) is 33.7 Å². The number of H-pyrrole nitrogens is 1. The van der Waals surface area contributed by atoms with Crippen LogP contribution in [0.2, 0.25) is 0 Å². The van der Waals surface area contributed by atoms with Crippen LogP contribution in [0.5, 0.6) is 0 Å². The normalized spacial score (nSPS) is 10.4. The zero-order chi connectivity index (χ0) is 10.0. The molecule has 0 bridgehead atoms. The Hall–Kier alpha value is -1.32. The molecule has 0 fully saturated rings. The minimum atomic E-state index is -0.317. The van der Waals surface area contributed by atoms with Crippen LogP contribution in [0, 0.1) is 6.92 Å². The minimum Gasteiger partial charge on any atom is -0.298 e. The molecule has 0 aliphatic heterocycles. The lowest BCUT2D eigenvalue weighted by Crippen LogP contribution is -2.33. The molecule has 4 nitrogen and oxygen atoms in total. The predicted octanol–water partition coefficient (Wildman–Crippen LogP) is 0.427. The van der Waals surface area contributed by atoms with E-state index in [0.29, 0.717) is 18.5 Å². The first-order valence-corrected chi connectivity index (χ1v) is 4.44. The summed E-state index contributed by atoms with van der Waals surface area (Å²) in [6.07, 6.45) is 0.654. The van der Waals surface area contributed by atoms with Crippen LogP contribution in [0.3, 0.4) is 0 Å². The molecular formula is C9H14N2O2. The third-order valence-corrected chi connectivity index (χ3v) is 2.25. The number of aromatic amines is 1. The molecule has 0 aliphatic rings. The summed E-state index contributed by atoms with van der Waals surface area (Å²) < 4.78 is 1.57. The number of hydrogen-bond acceptors (Lipinski definition) is 2. The van der Waals surface area contributed by atoms with Crippen molar-refractivity contribution in [1.82, 2.24) is 9.55 Å². The van der Waals surface area contributed by atoms with Crippen molar-refractivity contribution in [3.63, 3.8) is 0 Å². The summed E-state index contributed by atoms with van der Waals surface area (Å²) in [7, 11) is 0. The molecule has 0 saturated carbocycles. The van der Waals surface area contributed by atoms with Gasteiger partial charge in [0, 0.05) is 17.8 Å². The molecule has 0 radical (unpaired) electrons. The van der Waals surface area contributed by atoms with E-state index in [0.717, 1.165) is 5.69 Å². The standard InChI is InChI=1S/C9H14N2O2/c1-4-7-6(3)11(5-2)9(13)10-8(7)12/h4-5H2,1-3H3,(H,10,12,13). The van der Waals surface area contributed by atoms with Crippen LogP contribution in [-0.2, 0) is 13.0 Å². The summed E-state index contributed by atoms with van der Waals surface area (Å²) in [5, 5.41) is 0. The molecule has 1 aromatic heterocycles. The molecule has 1 rings (SSSR count). The predicted molar refractivity (Wildman–Crippen MR) is 51.1 cm³/mol. The second-order valence-electron chi connectivity index (χ2n) is 2.92. The lowest BCUT2D eigenvalue weighted by molar-refractivity contribution is 0.656. The molecule has 0 saturated heterocycles. The summed E-state index contributed by atoms with van der Waals surface area (Å²) in [5.74, 6) is 0. The number of hydrogen-bond donors (Lipinski definition) is 1. The zero-order valence-corrected chi connectivity index (χ0v) is 8.18. The van der Waals surface area contributed by atoms with Gasteiger partial charge in [0.1, 0.15) is 0 Å². The van der Waals surface area contributed by atoms with Crippen molar-refractivity contribution in [2.75, 3.05) is 0 Å². The second kappa shape index (κ2) is 3.60. The first kappa shape index (κ1) is 9.77. The maximum absolute atomic E-state index is 11.3. The van der Waals surface area contributed by atoms with Crippen molar-refractivity contribution in [2.24, 2.45) is 0 Å². The highest BCUT2D eigenvalue weighted by molar-refractivity contribution is 5.15. The van der Waals surface area contributed by atoms with Crippen LogP contribution in [0.25, 0.3) is 0 Å².